The molecule has 186 valence electrons. The van der Waals surface area contributed by atoms with Crippen LogP contribution in [0.25, 0.3) is 0 Å². The van der Waals surface area contributed by atoms with E-state index < -0.39 is 42.9 Å². The zero-order chi connectivity index (χ0) is 24.1. The third-order valence-corrected chi connectivity index (χ3v) is 5.58. The Morgan fingerprint density at radius 3 is 2.03 bits per heavy atom. The molecule has 33 heavy (non-hydrogen) atoms. The molecule has 0 aromatic carbocycles. The maximum atomic E-state index is 11.6. The van der Waals surface area contributed by atoms with Crippen LogP contribution in [-0.2, 0) is 28.4 Å². The van der Waals surface area contributed by atoms with Crippen molar-refractivity contribution in [2.45, 2.75) is 68.5 Å². The smallest absolute Gasteiger partial charge is 0.238 e. The van der Waals surface area contributed by atoms with E-state index in [1.54, 1.807) is 24.3 Å². The average molecular weight is 468 g/mol. The summed E-state index contributed by atoms with van der Waals surface area (Å²) in [7, 11) is 0. The standard InChI is InChI=1S/C24H37NO8/c1-5-13-28-17-20-21(29-14-6-2)22(30-15-7-3)23(31-16-8-4)24(33-20)32-19-12-10-9-11-18(19)25(26)27/h5-8,18-24H,1-4,9-17H2/t18-,19+,20-,21-,22+,23-,24?/m1/s1. The normalized spacial score (nSPS) is 32.1. The third-order valence-electron chi connectivity index (χ3n) is 5.58. The van der Waals surface area contributed by atoms with Gasteiger partial charge in [-0.2, -0.15) is 0 Å². The summed E-state index contributed by atoms with van der Waals surface area (Å²) in [5, 5.41) is 11.6. The van der Waals surface area contributed by atoms with Gasteiger partial charge in [-0.15, -0.1) is 26.3 Å². The van der Waals surface area contributed by atoms with E-state index in [9.17, 15) is 10.1 Å². The first-order chi connectivity index (χ1) is 16.1. The topological polar surface area (TPSA) is 98.5 Å². The lowest BCUT2D eigenvalue weighted by Gasteiger charge is -2.46. The molecule has 1 heterocycles. The van der Waals surface area contributed by atoms with Gasteiger partial charge in [0.15, 0.2) is 6.29 Å². The third kappa shape index (κ3) is 8.13. The van der Waals surface area contributed by atoms with Crippen molar-refractivity contribution < 1.29 is 33.3 Å². The van der Waals surface area contributed by atoms with Crippen LogP contribution in [-0.4, -0.2) is 80.8 Å². The largest absolute Gasteiger partial charge is 0.375 e. The molecule has 9 nitrogen and oxygen atoms in total. The van der Waals surface area contributed by atoms with Crippen LogP contribution in [0.5, 0.6) is 0 Å². The summed E-state index contributed by atoms with van der Waals surface area (Å²) in [6.07, 6.45) is 5.29. The molecule has 0 amide bonds. The van der Waals surface area contributed by atoms with Crippen LogP contribution in [0.2, 0.25) is 0 Å². The van der Waals surface area contributed by atoms with E-state index in [1.807, 2.05) is 0 Å². The quantitative estimate of drug-likeness (QED) is 0.148. The van der Waals surface area contributed by atoms with Crippen LogP contribution in [0, 0.1) is 10.1 Å². The number of hydrogen-bond acceptors (Lipinski definition) is 8. The predicted molar refractivity (Wildman–Crippen MR) is 124 cm³/mol. The molecule has 1 aliphatic heterocycles. The minimum absolute atomic E-state index is 0.194. The van der Waals surface area contributed by atoms with Crippen LogP contribution >= 0.6 is 0 Å². The van der Waals surface area contributed by atoms with Gasteiger partial charge in [-0.3, -0.25) is 10.1 Å². The number of hydrogen-bond donors (Lipinski definition) is 0. The lowest BCUT2D eigenvalue weighted by atomic mass is 9.92. The summed E-state index contributed by atoms with van der Waals surface area (Å²) in [5.41, 5.74) is 0. The maximum Gasteiger partial charge on any atom is 0.238 e. The van der Waals surface area contributed by atoms with Crippen LogP contribution in [0.3, 0.4) is 0 Å². The molecule has 1 saturated heterocycles. The molecule has 0 bridgehead atoms. The first-order valence-corrected chi connectivity index (χ1v) is 11.4. The Hall–Kier alpha value is -1.88. The Labute approximate surface area is 196 Å². The number of rotatable bonds is 16. The molecule has 1 unspecified atom stereocenters. The summed E-state index contributed by atoms with van der Waals surface area (Å²) in [6.45, 7) is 16.1. The predicted octanol–water partition coefficient (Wildman–Crippen LogP) is 3.23. The first kappa shape index (κ1) is 27.4. The maximum absolute atomic E-state index is 11.6. The molecule has 2 rings (SSSR count). The van der Waals surface area contributed by atoms with Crippen LogP contribution in [0.1, 0.15) is 25.7 Å². The van der Waals surface area contributed by atoms with E-state index in [0.717, 1.165) is 12.8 Å². The molecule has 0 spiro atoms. The monoisotopic (exact) mass is 467 g/mol. The fourth-order valence-electron chi connectivity index (χ4n) is 4.14. The van der Waals surface area contributed by atoms with Gasteiger partial charge < -0.3 is 28.4 Å². The van der Waals surface area contributed by atoms with Gasteiger partial charge in [-0.05, 0) is 12.8 Å². The molecule has 2 aliphatic rings. The van der Waals surface area contributed by atoms with Gasteiger partial charge in [0.1, 0.15) is 30.5 Å². The Morgan fingerprint density at radius 2 is 1.42 bits per heavy atom. The number of nitro groups is 1. The van der Waals surface area contributed by atoms with Crippen molar-refractivity contribution in [3.8, 4) is 0 Å². The van der Waals surface area contributed by atoms with Crippen molar-refractivity contribution in [2.24, 2.45) is 0 Å². The van der Waals surface area contributed by atoms with Crippen molar-refractivity contribution in [1.82, 2.24) is 0 Å². The van der Waals surface area contributed by atoms with Gasteiger partial charge in [-0.1, -0.05) is 30.7 Å². The molecule has 0 aromatic heterocycles. The van der Waals surface area contributed by atoms with E-state index in [-0.39, 0.29) is 31.4 Å². The summed E-state index contributed by atoms with van der Waals surface area (Å²) in [5.74, 6) is 0. The van der Waals surface area contributed by atoms with E-state index >= 15 is 0 Å². The molecule has 9 heteroatoms. The van der Waals surface area contributed by atoms with Crippen LogP contribution < -0.4 is 0 Å². The highest BCUT2D eigenvalue weighted by Gasteiger charge is 2.50. The van der Waals surface area contributed by atoms with E-state index in [1.165, 1.54) is 0 Å². The van der Waals surface area contributed by atoms with Gasteiger partial charge in [0, 0.05) is 11.3 Å². The Kier molecular flexibility index (Phi) is 12.5. The Balaban J connectivity index is 2.32. The summed E-state index contributed by atoms with van der Waals surface area (Å²) < 4.78 is 36.3. The molecule has 1 saturated carbocycles. The highest BCUT2D eigenvalue weighted by atomic mass is 16.7. The second kappa shape index (κ2) is 15.1. The lowest BCUT2D eigenvalue weighted by Crippen LogP contribution is -2.63. The molecular formula is C24H37NO8. The number of nitrogens with zero attached hydrogens (tertiary/aromatic N) is 1. The van der Waals surface area contributed by atoms with Crippen molar-refractivity contribution in [3.05, 3.63) is 60.7 Å². The Bertz CT molecular complexity index is 642. The lowest BCUT2D eigenvalue weighted by molar-refractivity contribution is -0.543. The molecule has 0 aromatic rings. The highest BCUT2D eigenvalue weighted by molar-refractivity contribution is 4.95. The van der Waals surface area contributed by atoms with Gasteiger partial charge in [-0.25, -0.2) is 0 Å². The Morgan fingerprint density at radius 1 is 0.848 bits per heavy atom. The van der Waals surface area contributed by atoms with E-state index in [4.69, 9.17) is 28.4 Å². The molecule has 0 radical (unpaired) electrons. The first-order valence-electron chi connectivity index (χ1n) is 11.4. The van der Waals surface area contributed by atoms with Gasteiger partial charge in [0.2, 0.25) is 6.04 Å². The summed E-state index contributed by atoms with van der Waals surface area (Å²) in [4.78, 5) is 11.4. The van der Waals surface area contributed by atoms with Gasteiger partial charge >= 0.3 is 0 Å². The second-order valence-corrected chi connectivity index (χ2v) is 7.94. The zero-order valence-electron chi connectivity index (χ0n) is 19.3. The van der Waals surface area contributed by atoms with Crippen molar-refractivity contribution in [2.75, 3.05) is 33.0 Å². The van der Waals surface area contributed by atoms with Crippen molar-refractivity contribution in [3.63, 3.8) is 0 Å². The molecule has 0 N–H and O–H groups in total. The minimum atomic E-state index is -0.911. The highest BCUT2D eigenvalue weighted by Crippen LogP contribution is 2.33. The van der Waals surface area contributed by atoms with Crippen LogP contribution in [0.15, 0.2) is 50.6 Å². The van der Waals surface area contributed by atoms with E-state index in [2.05, 4.69) is 26.3 Å². The summed E-state index contributed by atoms with van der Waals surface area (Å²) in [6, 6.07) is -0.792. The van der Waals surface area contributed by atoms with Gasteiger partial charge in [0.25, 0.3) is 0 Å². The molecule has 7 atom stereocenters. The minimum Gasteiger partial charge on any atom is -0.375 e. The molecule has 2 fully saturated rings. The zero-order valence-corrected chi connectivity index (χ0v) is 19.3. The second-order valence-electron chi connectivity index (χ2n) is 7.94. The van der Waals surface area contributed by atoms with Crippen molar-refractivity contribution >= 4 is 0 Å². The fourth-order valence-corrected chi connectivity index (χ4v) is 4.14. The van der Waals surface area contributed by atoms with Crippen molar-refractivity contribution in [1.29, 1.82) is 0 Å². The van der Waals surface area contributed by atoms with E-state index in [0.29, 0.717) is 19.4 Å². The number of ether oxygens (including phenoxy) is 6. The summed E-state index contributed by atoms with van der Waals surface area (Å²) >= 11 is 0. The SMILES string of the molecule is C=CCOC[C@H]1OC(O[C@H]2CCCC[C@H]2[N+](=O)[O-])[C@H](OCC=C)[C@@H](OCC=C)[C@@H]1OCC=C. The molecular weight excluding hydrogens is 430 g/mol. The van der Waals surface area contributed by atoms with Crippen LogP contribution in [0.4, 0.5) is 0 Å². The average Bonchev–Trinajstić information content (AvgIpc) is 2.81. The fraction of sp³-hybridized carbons (Fsp3) is 0.667. The molecule has 1 aliphatic carbocycles. The van der Waals surface area contributed by atoms with Gasteiger partial charge in [0.05, 0.1) is 33.0 Å².